The largest absolute Gasteiger partial charge is 0.357 e. The van der Waals surface area contributed by atoms with Crippen LogP contribution in [0.4, 0.5) is 5.82 Å². The molecule has 0 amide bonds. The van der Waals surface area contributed by atoms with Crippen molar-refractivity contribution in [3.05, 3.63) is 69.7 Å². The van der Waals surface area contributed by atoms with Gasteiger partial charge in [-0.2, -0.15) is 5.26 Å². The third kappa shape index (κ3) is 4.18. The first-order valence-electron chi connectivity index (χ1n) is 12.1. The monoisotopic (exact) mass is 467 g/mol. The van der Waals surface area contributed by atoms with Gasteiger partial charge in [0.05, 0.1) is 18.4 Å². The van der Waals surface area contributed by atoms with Gasteiger partial charge in [-0.25, -0.2) is 15.0 Å². The second-order valence-electron chi connectivity index (χ2n) is 9.37. The Morgan fingerprint density at radius 1 is 1.14 bits per heavy atom. The Hall–Kier alpha value is -3.99. The summed E-state index contributed by atoms with van der Waals surface area (Å²) in [6, 6.07) is 10.2. The number of hydrogen-bond donors (Lipinski definition) is 0. The second kappa shape index (κ2) is 9.34. The van der Waals surface area contributed by atoms with Gasteiger partial charge in [0.1, 0.15) is 34.3 Å². The van der Waals surface area contributed by atoms with Crippen LogP contribution in [-0.4, -0.2) is 37.2 Å². The van der Waals surface area contributed by atoms with Crippen molar-refractivity contribution < 1.29 is 0 Å². The lowest BCUT2D eigenvalue weighted by molar-refractivity contribution is 0.565. The molecule has 1 aromatic carbocycles. The Balaban J connectivity index is 1.67. The van der Waals surface area contributed by atoms with Crippen LogP contribution < -0.4 is 10.5 Å². The van der Waals surface area contributed by atoms with Gasteiger partial charge in [0, 0.05) is 30.7 Å². The first-order valence-corrected chi connectivity index (χ1v) is 12.1. The van der Waals surface area contributed by atoms with Crippen molar-refractivity contribution in [3.63, 3.8) is 0 Å². The molecule has 35 heavy (non-hydrogen) atoms. The van der Waals surface area contributed by atoms with Crippen LogP contribution in [0.25, 0.3) is 21.9 Å². The van der Waals surface area contributed by atoms with E-state index in [1.807, 2.05) is 49.6 Å². The Morgan fingerprint density at radius 2 is 1.91 bits per heavy atom. The summed E-state index contributed by atoms with van der Waals surface area (Å²) in [7, 11) is 0. The smallest absolute Gasteiger partial charge is 0.278 e. The van der Waals surface area contributed by atoms with Crippen LogP contribution >= 0.6 is 0 Å². The summed E-state index contributed by atoms with van der Waals surface area (Å²) in [5.74, 6) is 1.36. The van der Waals surface area contributed by atoms with Crippen LogP contribution in [0.3, 0.4) is 0 Å². The number of nitriles is 1. The minimum absolute atomic E-state index is 0.189. The van der Waals surface area contributed by atoms with Crippen LogP contribution in [0, 0.1) is 18.3 Å². The molecule has 0 unspecified atom stereocenters. The quantitative estimate of drug-likeness (QED) is 0.406. The minimum Gasteiger partial charge on any atom is -0.357 e. The van der Waals surface area contributed by atoms with Gasteiger partial charge in [-0.1, -0.05) is 29.8 Å². The standard InChI is InChI=1S/C27H29N7O/c1-18(2)11-14-34-25-24(21(15-28)26(34)32-12-7-4-8-13-32)29-17-33(27(25)35)16-23-30-19(3)20-9-5-6-10-22(20)31-23/h5-6,9-11,17H,4,7-8,12-14,16H2,1-3H3. The SMILES string of the molecule is CC(C)=CCn1c(N2CCCCC2)c(C#N)c2ncn(Cc3nc(C)c4ccccc4n3)c(=O)c21. The van der Waals surface area contributed by atoms with Gasteiger partial charge in [-0.05, 0) is 46.1 Å². The zero-order valence-electron chi connectivity index (χ0n) is 20.5. The lowest BCUT2D eigenvalue weighted by Gasteiger charge is -2.29. The highest BCUT2D eigenvalue weighted by atomic mass is 16.1. The van der Waals surface area contributed by atoms with Crippen LogP contribution in [0.15, 0.2) is 47.0 Å². The summed E-state index contributed by atoms with van der Waals surface area (Å²) in [6.45, 7) is 8.49. The maximum Gasteiger partial charge on any atom is 0.278 e. The lowest BCUT2D eigenvalue weighted by atomic mass is 10.1. The molecule has 0 N–H and O–H groups in total. The molecule has 0 radical (unpaired) electrons. The number of benzene rings is 1. The fourth-order valence-electron chi connectivity index (χ4n) is 4.87. The number of hydrogen-bond acceptors (Lipinski definition) is 6. The van der Waals surface area contributed by atoms with Crippen molar-refractivity contribution in [2.75, 3.05) is 18.0 Å². The predicted octanol–water partition coefficient (Wildman–Crippen LogP) is 4.33. The number of allylic oxidation sites excluding steroid dienone is 2. The van der Waals surface area contributed by atoms with Gasteiger partial charge in [-0.15, -0.1) is 0 Å². The molecule has 0 aliphatic carbocycles. The van der Waals surface area contributed by atoms with E-state index in [1.165, 1.54) is 12.7 Å². The fraction of sp³-hybridized carbons (Fsp3) is 0.370. The molecule has 4 aromatic rings. The summed E-state index contributed by atoms with van der Waals surface area (Å²) in [5.41, 5.74) is 4.09. The van der Waals surface area contributed by atoms with Crippen molar-refractivity contribution in [1.82, 2.24) is 24.1 Å². The second-order valence-corrected chi connectivity index (χ2v) is 9.37. The molecule has 1 aliphatic rings. The number of anilines is 1. The maximum absolute atomic E-state index is 13.8. The number of rotatable bonds is 5. The summed E-state index contributed by atoms with van der Waals surface area (Å²) in [4.78, 5) is 30.0. The summed E-state index contributed by atoms with van der Waals surface area (Å²) in [5, 5.41) is 11.1. The van der Waals surface area contributed by atoms with Crippen LogP contribution in [0.2, 0.25) is 0 Å². The number of aromatic nitrogens is 5. The van der Waals surface area contributed by atoms with E-state index in [4.69, 9.17) is 0 Å². The highest BCUT2D eigenvalue weighted by molar-refractivity contribution is 5.89. The molecule has 1 fully saturated rings. The Labute approximate surface area is 204 Å². The maximum atomic E-state index is 13.8. The van der Waals surface area contributed by atoms with E-state index in [2.05, 4.69) is 32.0 Å². The first kappa shape index (κ1) is 22.8. The first-order chi connectivity index (χ1) is 17.0. The highest BCUT2D eigenvalue weighted by Gasteiger charge is 2.26. The van der Waals surface area contributed by atoms with Crippen LogP contribution in [0.5, 0.6) is 0 Å². The molecule has 1 saturated heterocycles. The van der Waals surface area contributed by atoms with Crippen molar-refractivity contribution in [3.8, 4) is 6.07 Å². The van der Waals surface area contributed by atoms with E-state index in [0.717, 1.165) is 53.9 Å². The molecule has 178 valence electrons. The van der Waals surface area contributed by atoms with Crippen LogP contribution in [0.1, 0.15) is 50.2 Å². The number of nitrogens with zero attached hydrogens (tertiary/aromatic N) is 7. The molecule has 1 aliphatic heterocycles. The van der Waals surface area contributed by atoms with E-state index in [-0.39, 0.29) is 12.1 Å². The molecule has 8 heteroatoms. The molecule has 0 atom stereocenters. The third-order valence-corrected chi connectivity index (χ3v) is 6.60. The Bertz CT molecular complexity index is 1540. The number of fused-ring (bicyclic) bond motifs is 2. The molecular weight excluding hydrogens is 438 g/mol. The Kier molecular flexibility index (Phi) is 6.08. The van der Waals surface area contributed by atoms with Gasteiger partial charge >= 0.3 is 0 Å². The van der Waals surface area contributed by atoms with E-state index in [0.29, 0.717) is 29.0 Å². The van der Waals surface area contributed by atoms with Crippen molar-refractivity contribution in [2.45, 2.75) is 53.1 Å². The van der Waals surface area contributed by atoms with Gasteiger partial charge in [0.15, 0.2) is 0 Å². The average Bonchev–Trinajstić information content (AvgIpc) is 3.19. The molecule has 0 bridgehead atoms. The van der Waals surface area contributed by atoms with Crippen molar-refractivity contribution in [2.24, 2.45) is 0 Å². The van der Waals surface area contributed by atoms with Gasteiger partial charge in [-0.3, -0.25) is 9.36 Å². The van der Waals surface area contributed by atoms with Gasteiger partial charge in [0.2, 0.25) is 0 Å². The van der Waals surface area contributed by atoms with E-state index >= 15 is 0 Å². The summed E-state index contributed by atoms with van der Waals surface area (Å²) < 4.78 is 3.52. The zero-order chi connectivity index (χ0) is 24.5. The van der Waals surface area contributed by atoms with Crippen LogP contribution in [-0.2, 0) is 13.1 Å². The molecule has 0 spiro atoms. The number of para-hydroxylation sites is 1. The predicted molar refractivity (Wildman–Crippen MR) is 138 cm³/mol. The van der Waals surface area contributed by atoms with E-state index in [9.17, 15) is 10.1 Å². The topological polar surface area (TPSA) is 92.6 Å². The van der Waals surface area contributed by atoms with E-state index < -0.39 is 0 Å². The van der Waals surface area contributed by atoms with Crippen molar-refractivity contribution >= 4 is 27.8 Å². The average molecular weight is 468 g/mol. The normalized spacial score (nSPS) is 13.8. The fourth-order valence-corrected chi connectivity index (χ4v) is 4.87. The summed E-state index contributed by atoms with van der Waals surface area (Å²) in [6.07, 6.45) is 6.94. The minimum atomic E-state index is -0.189. The number of piperidine rings is 1. The molecule has 3 aromatic heterocycles. The van der Waals surface area contributed by atoms with Gasteiger partial charge in [0.25, 0.3) is 5.56 Å². The van der Waals surface area contributed by atoms with Crippen molar-refractivity contribution in [1.29, 1.82) is 5.26 Å². The Morgan fingerprint density at radius 3 is 2.66 bits per heavy atom. The summed E-state index contributed by atoms with van der Waals surface area (Å²) >= 11 is 0. The van der Waals surface area contributed by atoms with Gasteiger partial charge < -0.3 is 9.47 Å². The molecule has 5 rings (SSSR count). The molecule has 8 nitrogen and oxygen atoms in total. The molecule has 4 heterocycles. The van der Waals surface area contributed by atoms with E-state index in [1.54, 1.807) is 4.57 Å². The third-order valence-electron chi connectivity index (χ3n) is 6.60. The molecular formula is C27H29N7O. The number of aryl methyl sites for hydroxylation is 1. The lowest BCUT2D eigenvalue weighted by Crippen LogP contribution is -2.32. The zero-order valence-corrected chi connectivity index (χ0v) is 20.5. The highest BCUT2D eigenvalue weighted by Crippen LogP contribution is 2.32. The molecule has 0 saturated carbocycles.